The number of nitrogens with zero attached hydrogens (tertiary/aromatic N) is 1. The maximum absolute atomic E-state index is 11.3. The molecule has 0 atom stereocenters. The van der Waals surface area contributed by atoms with E-state index in [2.05, 4.69) is 23.2 Å². The van der Waals surface area contributed by atoms with E-state index < -0.39 is 0 Å². The maximum atomic E-state index is 11.3. The summed E-state index contributed by atoms with van der Waals surface area (Å²) in [5.74, 6) is 1.36. The average molecular weight is 418 g/mol. The average Bonchev–Trinajstić information content (AvgIpc) is 3.19. The highest BCUT2D eigenvalue weighted by Gasteiger charge is 2.09. The highest BCUT2D eigenvalue weighted by Crippen LogP contribution is 2.29. The van der Waals surface area contributed by atoms with Crippen molar-refractivity contribution in [1.29, 1.82) is 0 Å². The number of oxazole rings is 1. The van der Waals surface area contributed by atoms with Crippen LogP contribution in [-0.2, 0) is 9.53 Å². The molecule has 160 valence electrons. The Hall–Kier alpha value is -3.34. The Balaban J connectivity index is 1.36. The molecule has 31 heavy (non-hydrogen) atoms. The third-order valence-electron chi connectivity index (χ3n) is 5.20. The van der Waals surface area contributed by atoms with E-state index in [1.165, 1.54) is 0 Å². The highest BCUT2D eigenvalue weighted by atomic mass is 16.5. The van der Waals surface area contributed by atoms with Gasteiger partial charge in [-0.15, -0.1) is 0 Å². The van der Waals surface area contributed by atoms with Crippen molar-refractivity contribution in [1.82, 2.24) is 4.98 Å². The fourth-order valence-electron chi connectivity index (χ4n) is 3.58. The Morgan fingerprint density at radius 2 is 1.81 bits per heavy atom. The Morgan fingerprint density at radius 3 is 2.68 bits per heavy atom. The minimum absolute atomic E-state index is 0.120. The number of carbonyl (C=O) groups is 1. The van der Waals surface area contributed by atoms with Crippen molar-refractivity contribution < 1.29 is 18.7 Å². The highest BCUT2D eigenvalue weighted by molar-refractivity contribution is 5.88. The third-order valence-corrected chi connectivity index (χ3v) is 5.20. The lowest BCUT2D eigenvalue weighted by Crippen LogP contribution is -2.04. The molecule has 0 aliphatic carbocycles. The number of benzene rings is 3. The molecule has 0 fully saturated rings. The number of fused-ring (bicyclic) bond motifs is 2. The molecule has 0 unspecified atom stereocenters. The second-order valence-corrected chi connectivity index (χ2v) is 7.68. The molecule has 5 heteroatoms. The van der Waals surface area contributed by atoms with E-state index in [-0.39, 0.29) is 5.97 Å². The molecular formula is C26H27NO4. The maximum Gasteiger partial charge on any atom is 0.305 e. The van der Waals surface area contributed by atoms with Gasteiger partial charge in [0.1, 0.15) is 11.3 Å². The minimum atomic E-state index is -0.120. The lowest BCUT2D eigenvalue weighted by molar-refractivity contribution is -0.143. The van der Waals surface area contributed by atoms with Crippen LogP contribution in [0.5, 0.6) is 5.75 Å². The standard InChI is InChI=1S/C26H27NO4/c1-3-29-25(28)7-5-4-6-14-30-22-12-11-19-16-21(10-9-20(19)17-22)26-27-23-15-18(2)8-13-24(23)31-26/h8-13,15-17H,3-7,14H2,1-2H3. The second-order valence-electron chi connectivity index (χ2n) is 7.68. The molecule has 5 nitrogen and oxygen atoms in total. The monoisotopic (exact) mass is 417 g/mol. The van der Waals surface area contributed by atoms with Crippen molar-refractivity contribution in [2.75, 3.05) is 13.2 Å². The minimum Gasteiger partial charge on any atom is -0.494 e. The van der Waals surface area contributed by atoms with Crippen molar-refractivity contribution in [2.24, 2.45) is 0 Å². The van der Waals surface area contributed by atoms with Gasteiger partial charge < -0.3 is 13.9 Å². The zero-order chi connectivity index (χ0) is 21.6. The summed E-state index contributed by atoms with van der Waals surface area (Å²) in [6, 6.07) is 18.3. The first-order chi connectivity index (χ1) is 15.1. The van der Waals surface area contributed by atoms with Crippen molar-refractivity contribution in [2.45, 2.75) is 39.5 Å². The number of rotatable bonds is 9. The molecule has 0 saturated heterocycles. The van der Waals surface area contributed by atoms with Crippen LogP contribution in [0.1, 0.15) is 38.2 Å². The molecule has 0 spiro atoms. The Labute approximate surface area is 182 Å². The van der Waals surface area contributed by atoms with Crippen LogP contribution < -0.4 is 4.74 Å². The van der Waals surface area contributed by atoms with Gasteiger partial charge in [-0.3, -0.25) is 4.79 Å². The van der Waals surface area contributed by atoms with E-state index in [1.54, 1.807) is 0 Å². The molecule has 0 radical (unpaired) electrons. The molecule has 4 aromatic rings. The number of hydrogen-bond donors (Lipinski definition) is 0. The van der Waals surface area contributed by atoms with Gasteiger partial charge >= 0.3 is 5.97 Å². The summed E-state index contributed by atoms with van der Waals surface area (Å²) in [6.45, 7) is 4.95. The van der Waals surface area contributed by atoms with Crippen LogP contribution in [0, 0.1) is 6.92 Å². The summed E-state index contributed by atoms with van der Waals surface area (Å²) in [7, 11) is 0. The largest absolute Gasteiger partial charge is 0.494 e. The van der Waals surface area contributed by atoms with Crippen molar-refractivity contribution in [3.8, 4) is 17.2 Å². The lowest BCUT2D eigenvalue weighted by Gasteiger charge is -2.08. The molecule has 1 aromatic heterocycles. The number of hydrogen-bond acceptors (Lipinski definition) is 5. The Bertz CT molecular complexity index is 1190. The first-order valence-electron chi connectivity index (χ1n) is 10.8. The molecule has 0 saturated carbocycles. The van der Waals surface area contributed by atoms with E-state index >= 15 is 0 Å². The van der Waals surface area contributed by atoms with Gasteiger partial charge in [0, 0.05) is 12.0 Å². The van der Waals surface area contributed by atoms with Crippen LogP contribution in [0.4, 0.5) is 0 Å². The number of ether oxygens (including phenoxy) is 2. The van der Waals surface area contributed by atoms with Gasteiger partial charge in [-0.1, -0.05) is 18.2 Å². The van der Waals surface area contributed by atoms with Gasteiger partial charge in [-0.25, -0.2) is 4.98 Å². The van der Waals surface area contributed by atoms with E-state index in [4.69, 9.17) is 13.9 Å². The lowest BCUT2D eigenvalue weighted by atomic mass is 10.1. The summed E-state index contributed by atoms with van der Waals surface area (Å²) >= 11 is 0. The van der Waals surface area contributed by atoms with Gasteiger partial charge in [0.05, 0.1) is 13.2 Å². The van der Waals surface area contributed by atoms with Gasteiger partial charge in [0.2, 0.25) is 5.89 Å². The molecule has 0 amide bonds. The summed E-state index contributed by atoms with van der Waals surface area (Å²) in [5.41, 5.74) is 3.79. The molecule has 0 aliphatic heterocycles. The van der Waals surface area contributed by atoms with E-state index in [9.17, 15) is 4.79 Å². The topological polar surface area (TPSA) is 61.6 Å². The molecule has 3 aromatic carbocycles. The number of carbonyl (C=O) groups excluding carboxylic acids is 1. The first kappa shape index (κ1) is 20.9. The Morgan fingerprint density at radius 1 is 0.968 bits per heavy atom. The summed E-state index contributed by atoms with van der Waals surface area (Å²) in [5, 5.41) is 2.22. The van der Waals surface area contributed by atoms with Crippen LogP contribution in [0.15, 0.2) is 59.0 Å². The van der Waals surface area contributed by atoms with E-state index in [0.29, 0.717) is 25.5 Å². The molecular weight excluding hydrogens is 390 g/mol. The fraction of sp³-hybridized carbons (Fsp3) is 0.308. The van der Waals surface area contributed by atoms with Gasteiger partial charge in [-0.05, 0) is 85.8 Å². The molecule has 1 heterocycles. The summed E-state index contributed by atoms with van der Waals surface area (Å²) < 4.78 is 16.8. The predicted molar refractivity (Wildman–Crippen MR) is 122 cm³/mol. The van der Waals surface area contributed by atoms with Crippen LogP contribution in [0.25, 0.3) is 33.3 Å². The third kappa shape index (κ3) is 5.23. The van der Waals surface area contributed by atoms with Crippen molar-refractivity contribution >= 4 is 27.8 Å². The van der Waals surface area contributed by atoms with Crippen LogP contribution >= 0.6 is 0 Å². The van der Waals surface area contributed by atoms with E-state index in [0.717, 1.165) is 58.0 Å². The molecule has 0 N–H and O–H groups in total. The zero-order valence-corrected chi connectivity index (χ0v) is 18.0. The van der Waals surface area contributed by atoms with Crippen molar-refractivity contribution in [3.63, 3.8) is 0 Å². The van der Waals surface area contributed by atoms with Gasteiger partial charge in [0.15, 0.2) is 5.58 Å². The number of aromatic nitrogens is 1. The molecule has 0 aliphatic rings. The quantitative estimate of drug-likeness (QED) is 0.231. The molecule has 4 rings (SSSR count). The number of esters is 1. The number of unbranched alkanes of at least 4 members (excludes halogenated alkanes) is 2. The van der Waals surface area contributed by atoms with Gasteiger partial charge in [-0.2, -0.15) is 0 Å². The van der Waals surface area contributed by atoms with Crippen LogP contribution in [0.2, 0.25) is 0 Å². The van der Waals surface area contributed by atoms with Crippen LogP contribution in [0.3, 0.4) is 0 Å². The van der Waals surface area contributed by atoms with Crippen molar-refractivity contribution in [3.05, 3.63) is 60.2 Å². The SMILES string of the molecule is CCOC(=O)CCCCCOc1ccc2cc(-c3nc4cc(C)ccc4o3)ccc2c1. The predicted octanol–water partition coefficient (Wildman–Crippen LogP) is 6.46. The Kier molecular flexibility index (Phi) is 6.51. The summed E-state index contributed by atoms with van der Waals surface area (Å²) in [6.07, 6.45) is 3.16. The van der Waals surface area contributed by atoms with Gasteiger partial charge in [0.25, 0.3) is 0 Å². The normalized spacial score (nSPS) is 11.2. The first-order valence-corrected chi connectivity index (χ1v) is 10.8. The van der Waals surface area contributed by atoms with Crippen LogP contribution in [-0.4, -0.2) is 24.2 Å². The number of aryl methyl sites for hydroxylation is 1. The smallest absolute Gasteiger partial charge is 0.305 e. The van der Waals surface area contributed by atoms with E-state index in [1.807, 2.05) is 50.2 Å². The fourth-order valence-corrected chi connectivity index (χ4v) is 3.58. The molecule has 0 bridgehead atoms. The summed E-state index contributed by atoms with van der Waals surface area (Å²) in [4.78, 5) is 16.0. The zero-order valence-electron chi connectivity index (χ0n) is 18.0. The second kappa shape index (κ2) is 9.65.